The number of fused-ring (bicyclic) bond motifs is 1. The quantitative estimate of drug-likeness (QED) is 0.350. The Balaban J connectivity index is 1.56. The molecule has 8 nitrogen and oxygen atoms in total. The van der Waals surface area contributed by atoms with E-state index in [9.17, 15) is 10.2 Å². The van der Waals surface area contributed by atoms with Gasteiger partial charge in [-0.1, -0.05) is 24.9 Å². The van der Waals surface area contributed by atoms with Gasteiger partial charge in [-0.05, 0) is 49.2 Å². The molecule has 0 aliphatic carbocycles. The van der Waals surface area contributed by atoms with Crippen molar-refractivity contribution >= 4 is 11.0 Å². The zero-order chi connectivity index (χ0) is 21.8. The smallest absolute Gasteiger partial charge is 0.259 e. The first-order valence-electron chi connectivity index (χ1n) is 10.4. The van der Waals surface area contributed by atoms with E-state index in [1.165, 1.54) is 12.8 Å². The van der Waals surface area contributed by atoms with Crippen LogP contribution < -0.4 is 5.73 Å². The van der Waals surface area contributed by atoms with Gasteiger partial charge in [-0.25, -0.2) is 0 Å². The van der Waals surface area contributed by atoms with Crippen LogP contribution in [0, 0.1) is 0 Å². The van der Waals surface area contributed by atoms with E-state index >= 15 is 0 Å². The summed E-state index contributed by atoms with van der Waals surface area (Å²) in [5.41, 5.74) is 7.82. The van der Waals surface area contributed by atoms with Crippen molar-refractivity contribution in [3.05, 3.63) is 54.0 Å². The molecule has 1 aromatic carbocycles. The van der Waals surface area contributed by atoms with Crippen molar-refractivity contribution in [3.63, 3.8) is 0 Å². The Hall–Kier alpha value is -3.07. The largest absolute Gasteiger partial charge is 0.459 e. The molecule has 0 unspecified atom stereocenters. The Morgan fingerprint density at radius 2 is 1.84 bits per heavy atom. The van der Waals surface area contributed by atoms with Crippen molar-refractivity contribution in [1.29, 1.82) is 0 Å². The van der Waals surface area contributed by atoms with Crippen LogP contribution in [0.15, 0.2) is 51.5 Å². The summed E-state index contributed by atoms with van der Waals surface area (Å²) in [7, 11) is 0. The molecule has 0 saturated heterocycles. The number of nitrogens with two attached hydrogens (primary N) is 1. The zero-order valence-corrected chi connectivity index (χ0v) is 17.4. The average molecular weight is 422 g/mol. The predicted molar refractivity (Wildman–Crippen MR) is 116 cm³/mol. The maximum Gasteiger partial charge on any atom is 0.259 e. The van der Waals surface area contributed by atoms with Gasteiger partial charge in [0.1, 0.15) is 16.9 Å². The van der Waals surface area contributed by atoms with E-state index in [0.717, 1.165) is 35.0 Å². The van der Waals surface area contributed by atoms with Gasteiger partial charge in [-0.15, -0.1) is 0 Å². The lowest BCUT2D eigenvalue weighted by atomic mass is 10.00. The Bertz CT molecular complexity index is 1150. The fourth-order valence-corrected chi connectivity index (χ4v) is 3.35. The van der Waals surface area contributed by atoms with E-state index in [1.54, 1.807) is 18.3 Å². The van der Waals surface area contributed by atoms with Gasteiger partial charge in [-0.2, -0.15) is 4.98 Å². The molecule has 0 bridgehead atoms. The van der Waals surface area contributed by atoms with Gasteiger partial charge < -0.3 is 24.9 Å². The first-order valence-corrected chi connectivity index (χ1v) is 10.4. The molecule has 0 spiro atoms. The summed E-state index contributed by atoms with van der Waals surface area (Å²) in [6.07, 6.45) is 6.24. The lowest BCUT2D eigenvalue weighted by Gasteiger charge is -2.21. The standard InChI is InChI=1S/C23H26N4O4/c1-2-3-4-5-18-8-6-16(12-25-18)22-26-21(27-31-22)15-7-9-19-17(10-15)11-20(30-19)23(24,13-28)14-29/h6-12,28-29H,2-5,13-14,24H2,1H3. The third kappa shape index (κ3) is 4.36. The summed E-state index contributed by atoms with van der Waals surface area (Å²) in [5.74, 6) is 1.15. The highest BCUT2D eigenvalue weighted by Crippen LogP contribution is 2.30. The molecule has 8 heteroatoms. The number of aryl methyl sites for hydroxylation is 1. The van der Waals surface area contributed by atoms with Crippen molar-refractivity contribution < 1.29 is 19.2 Å². The van der Waals surface area contributed by atoms with E-state index in [-0.39, 0.29) is 0 Å². The van der Waals surface area contributed by atoms with E-state index in [0.29, 0.717) is 23.1 Å². The summed E-state index contributed by atoms with van der Waals surface area (Å²) < 4.78 is 11.1. The number of rotatable bonds is 9. The minimum absolute atomic E-state index is 0.309. The van der Waals surface area contributed by atoms with Crippen LogP contribution in [0.2, 0.25) is 0 Å². The highest BCUT2D eigenvalue weighted by atomic mass is 16.5. The zero-order valence-electron chi connectivity index (χ0n) is 17.4. The monoisotopic (exact) mass is 422 g/mol. The number of hydrogen-bond acceptors (Lipinski definition) is 8. The van der Waals surface area contributed by atoms with Crippen LogP contribution >= 0.6 is 0 Å². The molecular weight excluding hydrogens is 396 g/mol. The lowest BCUT2D eigenvalue weighted by molar-refractivity contribution is 0.105. The number of benzene rings is 1. The molecule has 0 saturated carbocycles. The first-order chi connectivity index (χ1) is 15.1. The van der Waals surface area contributed by atoms with Crippen LogP contribution in [0.4, 0.5) is 0 Å². The third-order valence-electron chi connectivity index (χ3n) is 5.36. The summed E-state index contributed by atoms with van der Waals surface area (Å²) in [5, 5.41) is 23.8. The average Bonchev–Trinajstić information content (AvgIpc) is 3.46. The van der Waals surface area contributed by atoms with E-state index < -0.39 is 18.8 Å². The van der Waals surface area contributed by atoms with Crippen LogP contribution in [0.5, 0.6) is 0 Å². The number of furan rings is 1. The lowest BCUT2D eigenvalue weighted by Crippen LogP contribution is -2.43. The van der Waals surface area contributed by atoms with Crippen LogP contribution in [0.25, 0.3) is 33.8 Å². The minimum atomic E-state index is -1.34. The van der Waals surface area contributed by atoms with Crippen molar-refractivity contribution in [3.8, 4) is 22.8 Å². The number of aromatic nitrogens is 3. The van der Waals surface area contributed by atoms with Gasteiger partial charge in [0.25, 0.3) is 5.89 Å². The van der Waals surface area contributed by atoms with Crippen molar-refractivity contribution in [2.45, 2.75) is 38.1 Å². The van der Waals surface area contributed by atoms with Gasteiger partial charge in [0, 0.05) is 22.8 Å². The van der Waals surface area contributed by atoms with E-state index in [1.807, 2.05) is 24.3 Å². The van der Waals surface area contributed by atoms with Gasteiger partial charge in [0.15, 0.2) is 0 Å². The molecule has 0 atom stereocenters. The molecule has 4 aromatic rings. The first kappa shape index (κ1) is 21.2. The summed E-state index contributed by atoms with van der Waals surface area (Å²) in [4.78, 5) is 9.00. The Morgan fingerprint density at radius 1 is 1.03 bits per heavy atom. The second-order valence-corrected chi connectivity index (χ2v) is 7.75. The Kier molecular flexibility index (Phi) is 6.13. The van der Waals surface area contributed by atoms with Crippen molar-refractivity contribution in [2.75, 3.05) is 13.2 Å². The molecule has 0 aliphatic rings. The number of aliphatic hydroxyl groups is 2. The SMILES string of the molecule is CCCCCc1ccc(-c2nc(-c3ccc4oc(C(N)(CO)CO)cc4c3)no2)cn1. The minimum Gasteiger partial charge on any atom is -0.459 e. The maximum absolute atomic E-state index is 9.50. The molecular formula is C23H26N4O4. The normalized spacial score (nSPS) is 12.0. The molecule has 0 aliphatic heterocycles. The topological polar surface area (TPSA) is 131 Å². The molecule has 4 N–H and O–H groups in total. The number of aliphatic hydroxyl groups excluding tert-OH is 2. The highest BCUT2D eigenvalue weighted by molar-refractivity contribution is 5.83. The summed E-state index contributed by atoms with van der Waals surface area (Å²) in [6.45, 7) is 1.31. The van der Waals surface area contributed by atoms with E-state index in [4.69, 9.17) is 14.7 Å². The second-order valence-electron chi connectivity index (χ2n) is 7.75. The number of hydrogen-bond donors (Lipinski definition) is 3. The molecule has 162 valence electrons. The molecule has 0 radical (unpaired) electrons. The number of pyridine rings is 1. The van der Waals surface area contributed by atoms with Crippen molar-refractivity contribution in [1.82, 2.24) is 15.1 Å². The Morgan fingerprint density at radius 3 is 2.55 bits per heavy atom. The fourth-order valence-electron chi connectivity index (χ4n) is 3.35. The second kappa shape index (κ2) is 8.97. The molecule has 3 aromatic heterocycles. The number of nitrogens with zero attached hydrogens (tertiary/aromatic N) is 3. The maximum atomic E-state index is 9.50. The van der Waals surface area contributed by atoms with Crippen molar-refractivity contribution in [2.24, 2.45) is 5.73 Å². The molecule has 0 amide bonds. The fraction of sp³-hybridized carbons (Fsp3) is 0.348. The van der Waals surface area contributed by atoms with Crippen LogP contribution in [-0.2, 0) is 12.0 Å². The molecule has 3 heterocycles. The third-order valence-corrected chi connectivity index (χ3v) is 5.36. The van der Waals surface area contributed by atoms with Crippen LogP contribution in [-0.4, -0.2) is 38.6 Å². The molecule has 0 fully saturated rings. The van der Waals surface area contributed by atoms with Gasteiger partial charge in [0.05, 0.1) is 18.8 Å². The van der Waals surface area contributed by atoms with Gasteiger partial charge in [0.2, 0.25) is 5.82 Å². The van der Waals surface area contributed by atoms with Crippen LogP contribution in [0.1, 0.15) is 37.6 Å². The predicted octanol–water partition coefficient (Wildman–Crippen LogP) is 3.42. The van der Waals surface area contributed by atoms with Gasteiger partial charge in [-0.3, -0.25) is 4.98 Å². The highest BCUT2D eigenvalue weighted by Gasteiger charge is 2.30. The van der Waals surface area contributed by atoms with Gasteiger partial charge >= 0.3 is 0 Å². The van der Waals surface area contributed by atoms with E-state index in [2.05, 4.69) is 22.0 Å². The number of unbranched alkanes of at least 4 members (excludes halogenated alkanes) is 2. The molecule has 4 rings (SSSR count). The Labute approximate surface area is 179 Å². The summed E-state index contributed by atoms with van der Waals surface area (Å²) >= 11 is 0. The summed E-state index contributed by atoms with van der Waals surface area (Å²) in [6, 6.07) is 11.1. The molecule has 31 heavy (non-hydrogen) atoms. The van der Waals surface area contributed by atoms with Crippen LogP contribution in [0.3, 0.4) is 0 Å².